The highest BCUT2D eigenvalue weighted by molar-refractivity contribution is 5.33. The quantitative estimate of drug-likeness (QED) is 0.867. The van der Waals surface area contributed by atoms with Crippen LogP contribution in [0.15, 0.2) is 18.2 Å². The largest absolute Gasteiger partial charge is 0.330 e. The number of hydrogen-bond donors (Lipinski definition) is 1. The molecule has 94 valence electrons. The number of likely N-dealkylation sites (tertiary alicyclic amines) is 1. The summed E-state index contributed by atoms with van der Waals surface area (Å²) in [6.07, 6.45) is 1.25. The lowest BCUT2D eigenvalue weighted by atomic mass is 10.0. The predicted octanol–water partition coefficient (Wildman–Crippen LogP) is 2.47. The van der Waals surface area contributed by atoms with Crippen molar-refractivity contribution in [2.24, 2.45) is 11.7 Å². The number of aryl methyl sites for hydroxylation is 1. The summed E-state index contributed by atoms with van der Waals surface area (Å²) in [7, 11) is 0. The second-order valence-corrected chi connectivity index (χ2v) is 5.47. The number of nitrogens with zero attached hydrogens (tertiary/aromatic N) is 1. The molecule has 0 bridgehead atoms. The van der Waals surface area contributed by atoms with E-state index in [4.69, 9.17) is 5.73 Å². The highest BCUT2D eigenvalue weighted by Crippen LogP contribution is 2.25. The lowest BCUT2D eigenvalue weighted by molar-refractivity contribution is 0.255. The van der Waals surface area contributed by atoms with Gasteiger partial charge < -0.3 is 5.73 Å². The molecular formula is C15H24N2. The molecule has 1 aliphatic rings. The predicted molar refractivity (Wildman–Crippen MR) is 72.9 cm³/mol. The van der Waals surface area contributed by atoms with E-state index in [-0.39, 0.29) is 0 Å². The Morgan fingerprint density at radius 2 is 2.12 bits per heavy atom. The molecule has 1 aliphatic heterocycles. The van der Waals surface area contributed by atoms with Crippen molar-refractivity contribution in [3.05, 3.63) is 34.9 Å². The minimum Gasteiger partial charge on any atom is -0.330 e. The average molecular weight is 232 g/mol. The van der Waals surface area contributed by atoms with Crippen LogP contribution in [-0.4, -0.2) is 24.0 Å². The maximum atomic E-state index is 5.78. The summed E-state index contributed by atoms with van der Waals surface area (Å²) >= 11 is 0. The standard InChI is InChI=1S/C15H24N2/c1-11-5-4-6-15(13(11)3)10-17-9-14(8-16)7-12(17)2/h4-6,12,14H,7-10,16H2,1-3H3. The highest BCUT2D eigenvalue weighted by Gasteiger charge is 2.28. The molecule has 1 fully saturated rings. The molecule has 2 nitrogen and oxygen atoms in total. The van der Waals surface area contributed by atoms with E-state index in [1.54, 1.807) is 0 Å². The van der Waals surface area contributed by atoms with Crippen molar-refractivity contribution in [3.8, 4) is 0 Å². The summed E-state index contributed by atoms with van der Waals surface area (Å²) in [6.45, 7) is 9.80. The zero-order valence-electron chi connectivity index (χ0n) is 11.2. The van der Waals surface area contributed by atoms with Crippen molar-refractivity contribution < 1.29 is 0 Å². The van der Waals surface area contributed by atoms with Crippen LogP contribution in [0.1, 0.15) is 30.0 Å². The second-order valence-electron chi connectivity index (χ2n) is 5.47. The van der Waals surface area contributed by atoms with Gasteiger partial charge >= 0.3 is 0 Å². The molecule has 0 radical (unpaired) electrons. The molecule has 0 aromatic heterocycles. The first-order valence-electron chi connectivity index (χ1n) is 6.61. The maximum absolute atomic E-state index is 5.78. The Morgan fingerprint density at radius 3 is 2.76 bits per heavy atom. The van der Waals surface area contributed by atoms with E-state index in [2.05, 4.69) is 43.9 Å². The summed E-state index contributed by atoms with van der Waals surface area (Å²) < 4.78 is 0. The van der Waals surface area contributed by atoms with Crippen molar-refractivity contribution in [2.75, 3.05) is 13.1 Å². The van der Waals surface area contributed by atoms with Gasteiger partial charge in [-0.05, 0) is 56.3 Å². The minimum atomic E-state index is 0.670. The van der Waals surface area contributed by atoms with Crippen LogP contribution in [-0.2, 0) is 6.54 Å². The van der Waals surface area contributed by atoms with Gasteiger partial charge in [0.2, 0.25) is 0 Å². The molecule has 0 saturated carbocycles. The van der Waals surface area contributed by atoms with Gasteiger partial charge in [-0.1, -0.05) is 18.2 Å². The third-order valence-corrected chi connectivity index (χ3v) is 4.21. The van der Waals surface area contributed by atoms with E-state index in [0.717, 1.165) is 19.6 Å². The summed E-state index contributed by atoms with van der Waals surface area (Å²) in [6, 6.07) is 7.28. The molecule has 1 aromatic carbocycles. The SMILES string of the molecule is Cc1cccc(CN2CC(CN)CC2C)c1C. The number of rotatable bonds is 3. The second kappa shape index (κ2) is 5.19. The fourth-order valence-electron chi connectivity index (χ4n) is 2.81. The van der Waals surface area contributed by atoms with Crippen LogP contribution >= 0.6 is 0 Å². The molecule has 0 amide bonds. The molecule has 1 heterocycles. The van der Waals surface area contributed by atoms with Crippen molar-refractivity contribution in [1.29, 1.82) is 0 Å². The molecule has 0 aliphatic carbocycles. The van der Waals surface area contributed by atoms with E-state index in [0.29, 0.717) is 12.0 Å². The van der Waals surface area contributed by atoms with Gasteiger partial charge in [0, 0.05) is 19.1 Å². The van der Waals surface area contributed by atoms with Crippen LogP contribution in [0.2, 0.25) is 0 Å². The molecule has 2 N–H and O–H groups in total. The van der Waals surface area contributed by atoms with E-state index in [1.807, 2.05) is 0 Å². The summed E-state index contributed by atoms with van der Waals surface area (Å²) in [5.41, 5.74) is 10.1. The van der Waals surface area contributed by atoms with Crippen molar-refractivity contribution >= 4 is 0 Å². The van der Waals surface area contributed by atoms with E-state index >= 15 is 0 Å². The van der Waals surface area contributed by atoms with Gasteiger partial charge in [0.05, 0.1) is 0 Å². The fraction of sp³-hybridized carbons (Fsp3) is 0.600. The molecule has 2 unspecified atom stereocenters. The van der Waals surface area contributed by atoms with Gasteiger partial charge in [-0.15, -0.1) is 0 Å². The lowest BCUT2D eigenvalue weighted by Gasteiger charge is -2.22. The van der Waals surface area contributed by atoms with Gasteiger partial charge in [0.15, 0.2) is 0 Å². The smallest absolute Gasteiger partial charge is 0.0239 e. The van der Waals surface area contributed by atoms with Crippen LogP contribution in [0.3, 0.4) is 0 Å². The molecule has 2 atom stereocenters. The summed E-state index contributed by atoms with van der Waals surface area (Å²) in [5, 5.41) is 0. The highest BCUT2D eigenvalue weighted by atomic mass is 15.2. The first-order valence-corrected chi connectivity index (χ1v) is 6.61. The molecule has 2 heteroatoms. The molecule has 1 aromatic rings. The van der Waals surface area contributed by atoms with Crippen LogP contribution in [0, 0.1) is 19.8 Å². The molecule has 17 heavy (non-hydrogen) atoms. The van der Waals surface area contributed by atoms with Crippen LogP contribution in [0.5, 0.6) is 0 Å². The summed E-state index contributed by atoms with van der Waals surface area (Å²) in [4.78, 5) is 2.57. The Bertz CT molecular complexity index is 387. The number of hydrogen-bond acceptors (Lipinski definition) is 2. The van der Waals surface area contributed by atoms with Gasteiger partial charge in [0.25, 0.3) is 0 Å². The van der Waals surface area contributed by atoms with Crippen LogP contribution in [0.4, 0.5) is 0 Å². The molecular weight excluding hydrogens is 208 g/mol. The number of nitrogens with two attached hydrogens (primary N) is 1. The van der Waals surface area contributed by atoms with Gasteiger partial charge in [-0.2, -0.15) is 0 Å². The van der Waals surface area contributed by atoms with Crippen molar-refractivity contribution in [3.63, 3.8) is 0 Å². The Labute approximate surface area is 105 Å². The molecule has 0 spiro atoms. The van der Waals surface area contributed by atoms with E-state index < -0.39 is 0 Å². The fourth-order valence-corrected chi connectivity index (χ4v) is 2.81. The first kappa shape index (κ1) is 12.6. The van der Waals surface area contributed by atoms with E-state index in [9.17, 15) is 0 Å². The van der Waals surface area contributed by atoms with E-state index in [1.165, 1.54) is 23.1 Å². The van der Waals surface area contributed by atoms with Gasteiger partial charge in [-0.25, -0.2) is 0 Å². The van der Waals surface area contributed by atoms with Crippen molar-refractivity contribution in [1.82, 2.24) is 4.90 Å². The third kappa shape index (κ3) is 2.70. The normalized spacial score (nSPS) is 25.4. The lowest BCUT2D eigenvalue weighted by Crippen LogP contribution is -2.27. The third-order valence-electron chi connectivity index (χ3n) is 4.21. The monoisotopic (exact) mass is 232 g/mol. The van der Waals surface area contributed by atoms with Crippen molar-refractivity contribution in [2.45, 2.75) is 39.8 Å². The first-order chi connectivity index (χ1) is 8.11. The topological polar surface area (TPSA) is 29.3 Å². The van der Waals surface area contributed by atoms with Gasteiger partial charge in [-0.3, -0.25) is 4.90 Å². The Balaban J connectivity index is 2.08. The zero-order chi connectivity index (χ0) is 12.4. The maximum Gasteiger partial charge on any atom is 0.0239 e. The Morgan fingerprint density at radius 1 is 1.35 bits per heavy atom. The summed E-state index contributed by atoms with van der Waals surface area (Å²) in [5.74, 6) is 0.690. The van der Waals surface area contributed by atoms with Crippen LogP contribution in [0.25, 0.3) is 0 Å². The minimum absolute atomic E-state index is 0.670. The zero-order valence-corrected chi connectivity index (χ0v) is 11.2. The Hall–Kier alpha value is -0.860. The number of benzene rings is 1. The van der Waals surface area contributed by atoms with Crippen LogP contribution < -0.4 is 5.73 Å². The average Bonchev–Trinajstić information content (AvgIpc) is 2.66. The molecule has 2 rings (SSSR count). The Kier molecular flexibility index (Phi) is 3.85. The van der Waals surface area contributed by atoms with Gasteiger partial charge in [0.1, 0.15) is 0 Å². The molecule has 1 saturated heterocycles.